The van der Waals surface area contributed by atoms with E-state index in [1.54, 1.807) is 35.3 Å². The number of halogens is 1. The number of hydrogen-bond donors (Lipinski definition) is 1. The molecule has 0 bridgehead atoms. The summed E-state index contributed by atoms with van der Waals surface area (Å²) in [5.74, 6) is -1.26. The standard InChI is InChI=1S/C18H11ClN2O3/c19-12-6-7-15-14(8-12)16(17(24-15)18(22)23)11-9-20-21(10-11)13-4-2-1-3-5-13/h1-10H,(H,22,23). The number of carboxylic acid groups (broad SMARTS) is 1. The molecule has 0 aliphatic heterocycles. The van der Waals surface area contributed by atoms with Crippen LogP contribution in [-0.4, -0.2) is 20.9 Å². The molecule has 2 heterocycles. The van der Waals surface area contributed by atoms with Gasteiger partial charge in [0, 0.05) is 27.7 Å². The first-order chi connectivity index (χ1) is 11.6. The number of carbonyl (C=O) groups is 1. The Labute approximate surface area is 141 Å². The second kappa shape index (κ2) is 5.54. The van der Waals surface area contributed by atoms with Gasteiger partial charge >= 0.3 is 5.97 Å². The number of hydrogen-bond acceptors (Lipinski definition) is 3. The minimum Gasteiger partial charge on any atom is -0.475 e. The lowest BCUT2D eigenvalue weighted by molar-refractivity contribution is 0.0666. The molecule has 0 saturated heterocycles. The average Bonchev–Trinajstić information content (AvgIpc) is 3.19. The smallest absolute Gasteiger partial charge is 0.372 e. The Morgan fingerprint density at radius 3 is 2.71 bits per heavy atom. The van der Waals surface area contributed by atoms with E-state index in [1.165, 1.54) is 0 Å². The fourth-order valence-corrected chi connectivity index (χ4v) is 2.85. The number of carboxylic acids is 1. The van der Waals surface area contributed by atoms with E-state index in [0.29, 0.717) is 27.1 Å². The van der Waals surface area contributed by atoms with Crippen molar-refractivity contribution in [3.8, 4) is 16.8 Å². The molecular weight excluding hydrogens is 328 g/mol. The molecule has 2 aromatic carbocycles. The first-order valence-electron chi connectivity index (χ1n) is 7.19. The normalized spacial score (nSPS) is 11.0. The SMILES string of the molecule is O=C(O)c1oc2ccc(Cl)cc2c1-c1cnn(-c2ccccc2)c1. The van der Waals surface area contributed by atoms with Crippen molar-refractivity contribution in [1.29, 1.82) is 0 Å². The van der Waals surface area contributed by atoms with Crippen LogP contribution in [0.4, 0.5) is 0 Å². The van der Waals surface area contributed by atoms with Gasteiger partial charge < -0.3 is 9.52 Å². The van der Waals surface area contributed by atoms with Crippen LogP contribution in [0.15, 0.2) is 65.3 Å². The number of para-hydroxylation sites is 1. The predicted octanol–water partition coefficient (Wildman–Crippen LogP) is 4.64. The van der Waals surface area contributed by atoms with Crippen LogP contribution in [0.1, 0.15) is 10.6 Å². The summed E-state index contributed by atoms with van der Waals surface area (Å²) in [5, 5.41) is 14.9. The van der Waals surface area contributed by atoms with E-state index in [9.17, 15) is 9.90 Å². The third kappa shape index (κ3) is 2.35. The minimum absolute atomic E-state index is 0.125. The molecule has 0 fully saturated rings. The molecular formula is C18H11ClN2O3. The van der Waals surface area contributed by atoms with Gasteiger partial charge in [0.1, 0.15) is 5.58 Å². The van der Waals surface area contributed by atoms with Gasteiger partial charge in [-0.2, -0.15) is 5.10 Å². The van der Waals surface area contributed by atoms with Crippen molar-refractivity contribution in [2.24, 2.45) is 0 Å². The molecule has 0 aliphatic rings. The van der Waals surface area contributed by atoms with E-state index < -0.39 is 5.97 Å². The molecule has 4 aromatic rings. The number of fused-ring (bicyclic) bond motifs is 1. The Morgan fingerprint density at radius 1 is 1.17 bits per heavy atom. The molecule has 4 rings (SSSR count). The maximum Gasteiger partial charge on any atom is 0.372 e. The highest BCUT2D eigenvalue weighted by Crippen LogP contribution is 2.36. The summed E-state index contributed by atoms with van der Waals surface area (Å²) in [7, 11) is 0. The van der Waals surface area contributed by atoms with Gasteiger partial charge in [0.05, 0.1) is 11.9 Å². The lowest BCUT2D eigenvalue weighted by Gasteiger charge is -1.99. The minimum atomic E-state index is -1.13. The molecule has 0 amide bonds. The highest BCUT2D eigenvalue weighted by atomic mass is 35.5. The van der Waals surface area contributed by atoms with Crippen molar-refractivity contribution in [3.63, 3.8) is 0 Å². The fraction of sp³-hybridized carbons (Fsp3) is 0. The molecule has 5 nitrogen and oxygen atoms in total. The zero-order chi connectivity index (χ0) is 16.7. The van der Waals surface area contributed by atoms with E-state index in [0.717, 1.165) is 5.69 Å². The van der Waals surface area contributed by atoms with E-state index in [2.05, 4.69) is 5.10 Å². The number of aromatic carboxylic acids is 1. The highest BCUT2D eigenvalue weighted by Gasteiger charge is 2.22. The summed E-state index contributed by atoms with van der Waals surface area (Å²) >= 11 is 6.06. The van der Waals surface area contributed by atoms with Gasteiger partial charge in [0.25, 0.3) is 0 Å². The first kappa shape index (κ1) is 14.5. The van der Waals surface area contributed by atoms with Crippen LogP contribution in [0, 0.1) is 0 Å². The third-order valence-corrected chi connectivity index (χ3v) is 3.97. The molecule has 0 saturated carbocycles. The van der Waals surface area contributed by atoms with Crippen LogP contribution in [-0.2, 0) is 0 Å². The molecule has 0 radical (unpaired) electrons. The number of nitrogens with zero attached hydrogens (tertiary/aromatic N) is 2. The van der Waals surface area contributed by atoms with Crippen molar-refractivity contribution in [2.45, 2.75) is 0 Å². The summed E-state index contributed by atoms with van der Waals surface area (Å²) in [6.07, 6.45) is 3.39. The van der Waals surface area contributed by atoms with Gasteiger partial charge in [-0.15, -0.1) is 0 Å². The van der Waals surface area contributed by atoms with E-state index in [-0.39, 0.29) is 5.76 Å². The average molecular weight is 339 g/mol. The Kier molecular flexibility index (Phi) is 3.36. The lowest BCUT2D eigenvalue weighted by Crippen LogP contribution is -1.96. The summed E-state index contributed by atoms with van der Waals surface area (Å²) < 4.78 is 7.17. The van der Waals surface area contributed by atoms with Gasteiger partial charge in [-0.05, 0) is 30.3 Å². The Bertz CT molecular complexity index is 1050. The first-order valence-corrected chi connectivity index (χ1v) is 7.57. The zero-order valence-electron chi connectivity index (χ0n) is 12.3. The summed E-state index contributed by atoms with van der Waals surface area (Å²) in [6.45, 7) is 0. The molecule has 0 aliphatic carbocycles. The topological polar surface area (TPSA) is 68.3 Å². The van der Waals surface area contributed by atoms with Crippen molar-refractivity contribution in [3.05, 3.63) is 71.7 Å². The van der Waals surface area contributed by atoms with Crippen molar-refractivity contribution in [2.75, 3.05) is 0 Å². The highest BCUT2D eigenvalue weighted by molar-refractivity contribution is 6.31. The molecule has 0 atom stereocenters. The van der Waals surface area contributed by atoms with Crippen molar-refractivity contribution < 1.29 is 14.3 Å². The second-order valence-electron chi connectivity index (χ2n) is 5.26. The summed E-state index contributed by atoms with van der Waals surface area (Å²) in [4.78, 5) is 11.6. The fourth-order valence-electron chi connectivity index (χ4n) is 2.68. The second-order valence-corrected chi connectivity index (χ2v) is 5.70. The third-order valence-electron chi connectivity index (χ3n) is 3.74. The number of furan rings is 1. The summed E-state index contributed by atoms with van der Waals surface area (Å²) in [5.41, 5.74) is 2.48. The van der Waals surface area contributed by atoms with Crippen LogP contribution in [0.25, 0.3) is 27.8 Å². The number of aromatic nitrogens is 2. The van der Waals surface area contributed by atoms with Crippen molar-refractivity contribution in [1.82, 2.24) is 9.78 Å². The molecule has 0 unspecified atom stereocenters. The molecule has 118 valence electrons. The van der Waals surface area contributed by atoms with Crippen LogP contribution in [0.3, 0.4) is 0 Å². The Balaban J connectivity index is 1.93. The maximum absolute atomic E-state index is 11.6. The predicted molar refractivity (Wildman–Crippen MR) is 90.7 cm³/mol. The van der Waals surface area contributed by atoms with Crippen LogP contribution >= 0.6 is 11.6 Å². The molecule has 24 heavy (non-hydrogen) atoms. The number of benzene rings is 2. The quantitative estimate of drug-likeness (QED) is 0.591. The van der Waals surface area contributed by atoms with E-state index in [1.807, 2.05) is 30.3 Å². The molecule has 0 spiro atoms. The monoisotopic (exact) mass is 338 g/mol. The van der Waals surface area contributed by atoms with Gasteiger partial charge in [0.2, 0.25) is 5.76 Å². The zero-order valence-corrected chi connectivity index (χ0v) is 13.1. The summed E-state index contributed by atoms with van der Waals surface area (Å²) in [6, 6.07) is 14.6. The molecule has 6 heteroatoms. The maximum atomic E-state index is 11.6. The van der Waals surface area contributed by atoms with Gasteiger partial charge in [-0.25, -0.2) is 9.48 Å². The van der Waals surface area contributed by atoms with Gasteiger partial charge in [-0.1, -0.05) is 29.8 Å². The van der Waals surface area contributed by atoms with Gasteiger partial charge in [0.15, 0.2) is 0 Å². The Hall–Kier alpha value is -3.05. The lowest BCUT2D eigenvalue weighted by atomic mass is 10.1. The largest absolute Gasteiger partial charge is 0.475 e. The van der Waals surface area contributed by atoms with Crippen molar-refractivity contribution >= 4 is 28.5 Å². The van der Waals surface area contributed by atoms with Gasteiger partial charge in [-0.3, -0.25) is 0 Å². The van der Waals surface area contributed by atoms with Crippen LogP contribution in [0.5, 0.6) is 0 Å². The Morgan fingerprint density at radius 2 is 1.96 bits per heavy atom. The van der Waals surface area contributed by atoms with E-state index >= 15 is 0 Å². The molecule has 2 aromatic heterocycles. The van der Waals surface area contributed by atoms with Crippen LogP contribution < -0.4 is 0 Å². The van der Waals surface area contributed by atoms with E-state index in [4.69, 9.17) is 16.0 Å². The molecule has 1 N–H and O–H groups in total. The number of rotatable bonds is 3. The van der Waals surface area contributed by atoms with Crippen LogP contribution in [0.2, 0.25) is 5.02 Å².